The number of carboxylic acid groups (broad SMARTS) is 1. The van der Waals surface area contributed by atoms with Crippen LogP contribution in [0, 0.1) is 11.8 Å². The summed E-state index contributed by atoms with van der Waals surface area (Å²) in [5.41, 5.74) is -1.94. The quantitative estimate of drug-likeness (QED) is 0.545. The summed E-state index contributed by atoms with van der Waals surface area (Å²) in [7, 11) is 0. The predicted octanol–water partition coefficient (Wildman–Crippen LogP) is 0.413. The number of carbonyl (C=O) groups excluding carboxylic acids is 1. The first-order chi connectivity index (χ1) is 7.66. The van der Waals surface area contributed by atoms with Crippen molar-refractivity contribution >= 4 is 12.0 Å². The molecule has 2 atom stereocenters. The van der Waals surface area contributed by atoms with Crippen molar-refractivity contribution in [3.05, 3.63) is 0 Å². The van der Waals surface area contributed by atoms with Gasteiger partial charge in [-0.1, -0.05) is 20.8 Å². The Kier molecular flexibility index (Phi) is 5.95. The Bertz CT molecular complexity index is 277. The maximum atomic E-state index is 11.3. The van der Waals surface area contributed by atoms with Crippen molar-refractivity contribution < 1.29 is 19.8 Å². The number of hydrogen-bond donors (Lipinski definition) is 4. The molecular formula is C11H22N2O4. The van der Waals surface area contributed by atoms with Crippen molar-refractivity contribution in [2.24, 2.45) is 11.8 Å². The van der Waals surface area contributed by atoms with Gasteiger partial charge in [0.1, 0.15) is 0 Å². The summed E-state index contributed by atoms with van der Waals surface area (Å²) in [6, 6.07) is -0.473. The maximum absolute atomic E-state index is 11.3. The van der Waals surface area contributed by atoms with E-state index in [9.17, 15) is 14.7 Å². The lowest BCUT2D eigenvalue weighted by atomic mass is 9.98. The molecule has 6 nitrogen and oxygen atoms in total. The molecule has 2 unspecified atom stereocenters. The number of nitrogens with one attached hydrogen (secondary N) is 2. The van der Waals surface area contributed by atoms with Gasteiger partial charge in [-0.3, -0.25) is 0 Å². The van der Waals surface area contributed by atoms with Gasteiger partial charge in [0.25, 0.3) is 0 Å². The van der Waals surface area contributed by atoms with Gasteiger partial charge < -0.3 is 20.8 Å². The summed E-state index contributed by atoms with van der Waals surface area (Å²) in [5, 5.41) is 22.9. The van der Waals surface area contributed by atoms with E-state index in [1.54, 1.807) is 0 Å². The summed E-state index contributed by atoms with van der Waals surface area (Å²) < 4.78 is 0. The van der Waals surface area contributed by atoms with Gasteiger partial charge in [0.05, 0.1) is 6.54 Å². The van der Waals surface area contributed by atoms with Crippen LogP contribution in [-0.2, 0) is 4.79 Å². The zero-order valence-corrected chi connectivity index (χ0v) is 10.8. The minimum atomic E-state index is -1.94. The van der Waals surface area contributed by atoms with Crippen LogP contribution in [-0.4, -0.2) is 40.9 Å². The molecule has 0 saturated heterocycles. The maximum Gasteiger partial charge on any atom is 0.337 e. The topological polar surface area (TPSA) is 98.7 Å². The monoisotopic (exact) mass is 246 g/mol. The molecule has 0 bridgehead atoms. The largest absolute Gasteiger partial charge is 0.479 e. The van der Waals surface area contributed by atoms with Crippen LogP contribution < -0.4 is 10.6 Å². The summed E-state index contributed by atoms with van der Waals surface area (Å²) in [6.07, 6.45) is 0. The second-order valence-corrected chi connectivity index (χ2v) is 4.86. The highest BCUT2D eigenvalue weighted by Crippen LogP contribution is 2.07. The second kappa shape index (κ2) is 6.44. The van der Waals surface area contributed by atoms with E-state index in [0.717, 1.165) is 6.92 Å². The van der Waals surface area contributed by atoms with Gasteiger partial charge in [-0.15, -0.1) is 0 Å². The van der Waals surface area contributed by atoms with Crippen LogP contribution in [0.25, 0.3) is 0 Å². The first kappa shape index (κ1) is 15.7. The number of aliphatic hydroxyl groups is 1. The van der Waals surface area contributed by atoms with Crippen LogP contribution in [0.2, 0.25) is 0 Å². The second-order valence-electron chi connectivity index (χ2n) is 4.86. The number of carbonyl (C=O) groups is 2. The van der Waals surface area contributed by atoms with Crippen molar-refractivity contribution in [3.63, 3.8) is 0 Å². The fourth-order valence-corrected chi connectivity index (χ4v) is 0.880. The van der Waals surface area contributed by atoms with Gasteiger partial charge in [0, 0.05) is 6.54 Å². The smallest absolute Gasteiger partial charge is 0.337 e. The first-order valence-corrected chi connectivity index (χ1v) is 5.64. The normalized spacial score (nSPS) is 16.1. The number of urea groups is 1. The van der Waals surface area contributed by atoms with Gasteiger partial charge in [0.2, 0.25) is 0 Å². The zero-order chi connectivity index (χ0) is 13.6. The summed E-state index contributed by atoms with van der Waals surface area (Å²) >= 11 is 0. The van der Waals surface area contributed by atoms with E-state index in [-0.39, 0.29) is 6.54 Å². The lowest BCUT2D eigenvalue weighted by molar-refractivity contribution is -0.155. The molecule has 0 heterocycles. The Morgan fingerprint density at radius 3 is 2.18 bits per heavy atom. The predicted molar refractivity (Wildman–Crippen MR) is 63.7 cm³/mol. The lowest BCUT2D eigenvalue weighted by Gasteiger charge is -2.20. The minimum Gasteiger partial charge on any atom is -0.479 e. The molecule has 0 rings (SSSR count). The molecule has 0 aromatic heterocycles. The third-order valence-corrected chi connectivity index (χ3v) is 2.78. The van der Waals surface area contributed by atoms with Crippen molar-refractivity contribution in [3.8, 4) is 0 Å². The van der Waals surface area contributed by atoms with Crippen molar-refractivity contribution in [1.82, 2.24) is 10.6 Å². The van der Waals surface area contributed by atoms with Crippen LogP contribution in [0.5, 0.6) is 0 Å². The summed E-state index contributed by atoms with van der Waals surface area (Å²) in [5.74, 6) is -0.577. The third kappa shape index (κ3) is 6.11. The van der Waals surface area contributed by atoms with E-state index in [1.807, 2.05) is 6.92 Å². The number of amides is 2. The van der Waals surface area contributed by atoms with Crippen molar-refractivity contribution in [2.75, 3.05) is 13.1 Å². The molecule has 100 valence electrons. The first-order valence-electron chi connectivity index (χ1n) is 5.64. The highest BCUT2D eigenvalue weighted by molar-refractivity contribution is 5.79. The van der Waals surface area contributed by atoms with Gasteiger partial charge in [0.15, 0.2) is 5.60 Å². The summed E-state index contributed by atoms with van der Waals surface area (Å²) in [4.78, 5) is 21.9. The molecule has 0 aliphatic heterocycles. The molecular weight excluding hydrogens is 224 g/mol. The van der Waals surface area contributed by atoms with E-state index in [1.165, 1.54) is 0 Å². The van der Waals surface area contributed by atoms with E-state index in [4.69, 9.17) is 5.11 Å². The Labute approximate surface area is 101 Å². The Morgan fingerprint density at radius 2 is 1.76 bits per heavy atom. The Balaban J connectivity index is 3.93. The molecule has 0 aliphatic rings. The fourth-order valence-electron chi connectivity index (χ4n) is 0.880. The number of rotatable bonds is 6. The van der Waals surface area contributed by atoms with Crippen molar-refractivity contribution in [1.29, 1.82) is 0 Å². The van der Waals surface area contributed by atoms with Gasteiger partial charge in [-0.25, -0.2) is 9.59 Å². The lowest BCUT2D eigenvalue weighted by Crippen LogP contribution is -2.49. The molecule has 2 amide bonds. The van der Waals surface area contributed by atoms with Crippen LogP contribution in [0.3, 0.4) is 0 Å². The molecule has 17 heavy (non-hydrogen) atoms. The highest BCUT2D eigenvalue weighted by Gasteiger charge is 2.30. The molecule has 0 aliphatic carbocycles. The molecule has 0 aromatic rings. The SMILES string of the molecule is CC(C)C(C)CNC(=O)NCC(C)(O)C(=O)O. The molecule has 0 aromatic carbocycles. The molecule has 0 fully saturated rings. The van der Waals surface area contributed by atoms with E-state index < -0.39 is 17.6 Å². The van der Waals surface area contributed by atoms with E-state index in [0.29, 0.717) is 18.4 Å². The van der Waals surface area contributed by atoms with Crippen LogP contribution in [0.15, 0.2) is 0 Å². The fraction of sp³-hybridized carbons (Fsp3) is 0.818. The number of carboxylic acids is 1. The highest BCUT2D eigenvalue weighted by atomic mass is 16.4. The molecule has 6 heteroatoms. The van der Waals surface area contributed by atoms with Crippen LogP contribution in [0.4, 0.5) is 4.79 Å². The average Bonchev–Trinajstić information content (AvgIpc) is 2.22. The number of aliphatic carboxylic acids is 1. The standard InChI is InChI=1S/C11H22N2O4/c1-7(2)8(3)5-12-10(16)13-6-11(4,17)9(14)15/h7-8,17H,5-6H2,1-4H3,(H,14,15)(H2,12,13,16). The van der Waals surface area contributed by atoms with Crippen LogP contribution in [0.1, 0.15) is 27.7 Å². The van der Waals surface area contributed by atoms with E-state index in [2.05, 4.69) is 24.5 Å². The molecule has 0 radical (unpaired) electrons. The zero-order valence-electron chi connectivity index (χ0n) is 10.8. The van der Waals surface area contributed by atoms with E-state index >= 15 is 0 Å². The Hall–Kier alpha value is -1.30. The minimum absolute atomic E-state index is 0.329. The summed E-state index contributed by atoms with van der Waals surface area (Å²) in [6.45, 7) is 7.44. The average molecular weight is 246 g/mol. The van der Waals surface area contributed by atoms with Gasteiger partial charge >= 0.3 is 12.0 Å². The Morgan fingerprint density at radius 1 is 1.24 bits per heavy atom. The molecule has 0 saturated carbocycles. The van der Waals surface area contributed by atoms with Crippen molar-refractivity contribution in [2.45, 2.75) is 33.3 Å². The van der Waals surface area contributed by atoms with Gasteiger partial charge in [-0.05, 0) is 18.8 Å². The molecule has 0 spiro atoms. The van der Waals surface area contributed by atoms with Crippen LogP contribution >= 0.6 is 0 Å². The number of hydrogen-bond acceptors (Lipinski definition) is 3. The third-order valence-electron chi connectivity index (χ3n) is 2.78. The van der Waals surface area contributed by atoms with Gasteiger partial charge in [-0.2, -0.15) is 0 Å². The molecule has 4 N–H and O–H groups in total.